The van der Waals surface area contributed by atoms with Gasteiger partial charge in [0.1, 0.15) is 0 Å². The molecule has 17 heavy (non-hydrogen) atoms. The van der Waals surface area contributed by atoms with Gasteiger partial charge in [0.15, 0.2) is 5.82 Å². The molecule has 0 fully saturated rings. The highest BCUT2D eigenvalue weighted by atomic mass is 16.5. The lowest BCUT2D eigenvalue weighted by molar-refractivity contribution is 0.149. The number of aromatic nitrogens is 2. The van der Waals surface area contributed by atoms with Gasteiger partial charge in [-0.25, -0.2) is 0 Å². The lowest BCUT2D eigenvalue weighted by Gasteiger charge is -2.11. The van der Waals surface area contributed by atoms with Crippen LogP contribution in [-0.2, 0) is 17.6 Å². The van der Waals surface area contributed by atoms with Gasteiger partial charge < -0.3 is 14.6 Å². The van der Waals surface area contributed by atoms with E-state index in [9.17, 15) is 0 Å². The summed E-state index contributed by atoms with van der Waals surface area (Å²) in [5.74, 6) is 1.45. The van der Waals surface area contributed by atoms with Gasteiger partial charge in [0.05, 0.1) is 6.61 Å². The van der Waals surface area contributed by atoms with Crippen molar-refractivity contribution >= 4 is 0 Å². The third-order valence-electron chi connectivity index (χ3n) is 2.65. The molecule has 98 valence electrons. The fraction of sp³-hybridized carbons (Fsp3) is 0.833. The Morgan fingerprint density at radius 2 is 2.24 bits per heavy atom. The Bertz CT molecular complexity index is 302. The molecule has 1 unspecified atom stereocenters. The van der Waals surface area contributed by atoms with Crippen molar-refractivity contribution in [3.8, 4) is 0 Å². The van der Waals surface area contributed by atoms with E-state index >= 15 is 0 Å². The van der Waals surface area contributed by atoms with Gasteiger partial charge in [-0.1, -0.05) is 18.5 Å². The summed E-state index contributed by atoms with van der Waals surface area (Å²) in [6, 6.07) is 0.417. The maximum absolute atomic E-state index is 5.25. The molecule has 5 nitrogen and oxygen atoms in total. The summed E-state index contributed by atoms with van der Waals surface area (Å²) in [5.41, 5.74) is 0. The van der Waals surface area contributed by atoms with Crippen LogP contribution in [0, 0.1) is 0 Å². The van der Waals surface area contributed by atoms with Gasteiger partial charge in [-0.3, -0.25) is 0 Å². The molecular formula is C12H23N3O2. The summed E-state index contributed by atoms with van der Waals surface area (Å²) < 4.78 is 10.5. The number of ether oxygens (including phenoxy) is 1. The number of hydrogen-bond acceptors (Lipinski definition) is 5. The molecule has 0 aromatic carbocycles. The van der Waals surface area contributed by atoms with Gasteiger partial charge in [0.25, 0.3) is 0 Å². The molecule has 1 aromatic rings. The van der Waals surface area contributed by atoms with E-state index in [0.717, 1.165) is 38.1 Å². The van der Waals surface area contributed by atoms with Crippen LogP contribution in [0.25, 0.3) is 0 Å². The summed E-state index contributed by atoms with van der Waals surface area (Å²) in [5, 5.41) is 7.20. The van der Waals surface area contributed by atoms with Crippen molar-refractivity contribution in [2.75, 3.05) is 20.3 Å². The predicted octanol–water partition coefficient (Wildman–Crippen LogP) is 1.58. The Hall–Kier alpha value is -0.940. The molecule has 0 aliphatic rings. The molecule has 0 bridgehead atoms. The Morgan fingerprint density at radius 1 is 1.41 bits per heavy atom. The maximum Gasteiger partial charge on any atom is 0.228 e. The van der Waals surface area contributed by atoms with E-state index in [1.807, 2.05) is 14.0 Å². The summed E-state index contributed by atoms with van der Waals surface area (Å²) in [6.45, 7) is 5.53. The molecule has 0 amide bonds. The first kappa shape index (κ1) is 14.1. The second kappa shape index (κ2) is 8.20. The van der Waals surface area contributed by atoms with Gasteiger partial charge in [0, 0.05) is 25.5 Å². The smallest absolute Gasteiger partial charge is 0.228 e. The van der Waals surface area contributed by atoms with Gasteiger partial charge in [-0.05, 0) is 20.4 Å². The third-order valence-corrected chi connectivity index (χ3v) is 2.65. The number of likely N-dealkylation sites (N-methyl/N-ethyl adjacent to an activating group) is 1. The third kappa shape index (κ3) is 5.28. The number of nitrogens with one attached hydrogen (secondary N) is 1. The fourth-order valence-electron chi connectivity index (χ4n) is 1.69. The highest BCUT2D eigenvalue weighted by Gasteiger charge is 2.12. The van der Waals surface area contributed by atoms with Crippen LogP contribution in [0.4, 0.5) is 0 Å². The first-order valence-electron chi connectivity index (χ1n) is 6.36. The molecule has 1 rings (SSSR count). The van der Waals surface area contributed by atoms with E-state index in [0.29, 0.717) is 18.5 Å². The highest BCUT2D eigenvalue weighted by Crippen LogP contribution is 2.06. The van der Waals surface area contributed by atoms with E-state index in [-0.39, 0.29) is 0 Å². The Kier molecular flexibility index (Phi) is 6.81. The molecule has 1 N–H and O–H groups in total. The van der Waals surface area contributed by atoms with Crippen LogP contribution in [0.15, 0.2) is 4.52 Å². The fourth-order valence-corrected chi connectivity index (χ4v) is 1.69. The average molecular weight is 241 g/mol. The summed E-state index contributed by atoms with van der Waals surface area (Å²) >= 11 is 0. The van der Waals surface area contributed by atoms with Crippen LogP contribution in [0.2, 0.25) is 0 Å². The van der Waals surface area contributed by atoms with Crippen molar-refractivity contribution in [2.45, 2.75) is 45.6 Å². The zero-order chi connectivity index (χ0) is 12.5. The molecule has 5 heteroatoms. The molecule has 1 heterocycles. The van der Waals surface area contributed by atoms with Crippen LogP contribution in [0.5, 0.6) is 0 Å². The highest BCUT2D eigenvalue weighted by molar-refractivity contribution is 4.89. The second-order valence-corrected chi connectivity index (χ2v) is 4.03. The quantitative estimate of drug-likeness (QED) is 0.665. The number of hydrogen-bond donors (Lipinski definition) is 1. The van der Waals surface area contributed by atoms with Crippen molar-refractivity contribution in [3.63, 3.8) is 0 Å². The second-order valence-electron chi connectivity index (χ2n) is 4.03. The molecule has 0 saturated carbocycles. The first-order valence-corrected chi connectivity index (χ1v) is 6.36. The van der Waals surface area contributed by atoms with Crippen LogP contribution in [-0.4, -0.2) is 36.4 Å². The van der Waals surface area contributed by atoms with Gasteiger partial charge in [-0.2, -0.15) is 4.98 Å². The van der Waals surface area contributed by atoms with Crippen molar-refractivity contribution in [3.05, 3.63) is 11.7 Å². The zero-order valence-electron chi connectivity index (χ0n) is 11.0. The topological polar surface area (TPSA) is 60.2 Å². The minimum Gasteiger partial charge on any atom is -0.381 e. The molecule has 0 aliphatic carbocycles. The van der Waals surface area contributed by atoms with Crippen LogP contribution in [0.1, 0.15) is 38.4 Å². The average Bonchev–Trinajstić information content (AvgIpc) is 2.77. The van der Waals surface area contributed by atoms with Crippen LogP contribution in [0.3, 0.4) is 0 Å². The lowest BCUT2D eigenvalue weighted by Crippen LogP contribution is -2.27. The van der Waals surface area contributed by atoms with E-state index < -0.39 is 0 Å². The molecule has 0 aliphatic heterocycles. The molecule has 1 aromatic heterocycles. The zero-order valence-corrected chi connectivity index (χ0v) is 11.0. The van der Waals surface area contributed by atoms with Crippen molar-refractivity contribution in [1.82, 2.24) is 15.5 Å². The molecule has 0 radical (unpaired) electrons. The molecule has 0 spiro atoms. The monoisotopic (exact) mass is 241 g/mol. The Morgan fingerprint density at radius 3 is 2.88 bits per heavy atom. The van der Waals surface area contributed by atoms with Crippen LogP contribution < -0.4 is 5.32 Å². The largest absolute Gasteiger partial charge is 0.381 e. The van der Waals surface area contributed by atoms with Crippen LogP contribution >= 0.6 is 0 Å². The maximum atomic E-state index is 5.25. The standard InChI is InChI=1S/C12H23N3O2/c1-4-6-10(13-3)9-12-14-11(15-17-12)7-8-16-5-2/h10,13H,4-9H2,1-3H3. The molecule has 0 saturated heterocycles. The number of rotatable bonds is 9. The van der Waals surface area contributed by atoms with Gasteiger partial charge in [0.2, 0.25) is 5.89 Å². The van der Waals surface area contributed by atoms with Gasteiger partial charge >= 0.3 is 0 Å². The molecule has 1 atom stereocenters. The first-order chi connectivity index (χ1) is 8.30. The van der Waals surface area contributed by atoms with E-state index in [2.05, 4.69) is 22.4 Å². The summed E-state index contributed by atoms with van der Waals surface area (Å²) in [7, 11) is 1.96. The predicted molar refractivity (Wildman–Crippen MR) is 66.0 cm³/mol. The minimum atomic E-state index is 0.417. The minimum absolute atomic E-state index is 0.417. The lowest BCUT2D eigenvalue weighted by atomic mass is 10.1. The van der Waals surface area contributed by atoms with E-state index in [1.54, 1.807) is 0 Å². The molecular weight excluding hydrogens is 218 g/mol. The van der Waals surface area contributed by atoms with E-state index in [1.165, 1.54) is 0 Å². The van der Waals surface area contributed by atoms with Crippen molar-refractivity contribution in [1.29, 1.82) is 0 Å². The van der Waals surface area contributed by atoms with E-state index in [4.69, 9.17) is 9.26 Å². The normalized spacial score (nSPS) is 12.9. The summed E-state index contributed by atoms with van der Waals surface area (Å²) in [6.07, 6.45) is 3.78. The summed E-state index contributed by atoms with van der Waals surface area (Å²) in [4.78, 5) is 4.35. The SMILES string of the molecule is CCCC(Cc1nc(CCOCC)no1)NC. The number of nitrogens with zero attached hydrogens (tertiary/aromatic N) is 2. The Labute approximate surface area is 103 Å². The van der Waals surface area contributed by atoms with Gasteiger partial charge in [-0.15, -0.1) is 0 Å². The van der Waals surface area contributed by atoms with Crippen molar-refractivity contribution in [2.24, 2.45) is 0 Å². The Balaban J connectivity index is 2.38. The van der Waals surface area contributed by atoms with Crippen molar-refractivity contribution < 1.29 is 9.26 Å².